The van der Waals surface area contributed by atoms with Crippen LogP contribution in [0.1, 0.15) is 68.3 Å². The van der Waals surface area contributed by atoms with Crippen molar-refractivity contribution in [1.29, 1.82) is 0 Å². The molecule has 7 N–H and O–H groups in total. The summed E-state index contributed by atoms with van der Waals surface area (Å²) in [4.78, 5) is 97.1. The highest BCUT2D eigenvalue weighted by molar-refractivity contribution is 6.13. The van der Waals surface area contributed by atoms with E-state index >= 15 is 0 Å². The van der Waals surface area contributed by atoms with Crippen LogP contribution in [0.4, 0.5) is 4.79 Å². The number of aromatic carboxylic acids is 1. The lowest BCUT2D eigenvalue weighted by Crippen LogP contribution is -2.46. The Bertz CT molecular complexity index is 1530. The van der Waals surface area contributed by atoms with E-state index in [0.29, 0.717) is 71.0 Å². The first-order valence-corrected chi connectivity index (χ1v) is 19.8. The van der Waals surface area contributed by atoms with Crippen LogP contribution in [0, 0.1) is 11.8 Å². The summed E-state index contributed by atoms with van der Waals surface area (Å²) in [6.45, 7) is 7.23. The molecule has 1 aromatic rings. The second kappa shape index (κ2) is 29.0. The third-order valence-corrected chi connectivity index (χ3v) is 9.03. The van der Waals surface area contributed by atoms with E-state index < -0.39 is 35.8 Å². The number of carbonyl (C=O) groups excluding carboxylic acids is 7. The number of nitrogens with two attached hydrogens (primary N) is 1. The van der Waals surface area contributed by atoms with E-state index in [1.165, 1.54) is 24.3 Å². The molecule has 19 nitrogen and oxygen atoms in total. The number of Topliss-reactive ketones (excluding diaryl/α,β-unsaturated/α-hetero) is 1. The molecule has 1 aliphatic heterocycles. The predicted octanol–water partition coefficient (Wildman–Crippen LogP) is 0.486. The van der Waals surface area contributed by atoms with Crippen molar-refractivity contribution in [2.75, 3.05) is 79.0 Å². The van der Waals surface area contributed by atoms with Gasteiger partial charge in [0.15, 0.2) is 5.78 Å². The quantitative estimate of drug-likeness (QED) is 0.0416. The number of amides is 7. The molecule has 0 bridgehead atoms. The van der Waals surface area contributed by atoms with E-state index in [4.69, 9.17) is 29.8 Å². The summed E-state index contributed by atoms with van der Waals surface area (Å²) < 4.78 is 21.8. The number of carbonyl (C=O) groups is 8. The average Bonchev–Trinajstić information content (AvgIpc) is 3.51. The van der Waals surface area contributed by atoms with Crippen molar-refractivity contribution in [3.8, 4) is 0 Å². The maximum Gasteiger partial charge on any atom is 0.335 e. The lowest BCUT2D eigenvalue weighted by atomic mass is 9.89. The molecule has 7 amide bonds. The molecule has 1 aliphatic rings. The van der Waals surface area contributed by atoms with Crippen LogP contribution in [0.15, 0.2) is 36.4 Å². The SMILES string of the molecule is CC(C)[C@H](CCCNC(=O)CCOCCOCCOCCOCCNC(=O)CCN1C(=O)C=CC1=O)C(=O)N[C@@H](CCCNC(N)=O)C(=O)Cc1ccc(C(=O)O)cc1. The van der Waals surface area contributed by atoms with Gasteiger partial charge in [-0.2, -0.15) is 0 Å². The van der Waals surface area contributed by atoms with Gasteiger partial charge in [-0.05, 0) is 49.3 Å². The van der Waals surface area contributed by atoms with Gasteiger partial charge >= 0.3 is 12.0 Å². The number of nitrogens with one attached hydrogen (secondary N) is 4. The fourth-order valence-corrected chi connectivity index (χ4v) is 5.75. The van der Waals surface area contributed by atoms with Gasteiger partial charge < -0.3 is 51.1 Å². The molecule has 0 aromatic heterocycles. The Labute approximate surface area is 344 Å². The third-order valence-electron chi connectivity index (χ3n) is 9.03. The molecule has 59 heavy (non-hydrogen) atoms. The van der Waals surface area contributed by atoms with Crippen molar-refractivity contribution in [1.82, 2.24) is 26.2 Å². The first-order valence-electron chi connectivity index (χ1n) is 19.8. The highest BCUT2D eigenvalue weighted by atomic mass is 16.6. The van der Waals surface area contributed by atoms with E-state index in [9.17, 15) is 38.4 Å². The summed E-state index contributed by atoms with van der Waals surface area (Å²) in [6, 6.07) is 4.44. The van der Waals surface area contributed by atoms with Crippen molar-refractivity contribution < 1.29 is 62.4 Å². The van der Waals surface area contributed by atoms with Gasteiger partial charge in [0.05, 0.1) is 64.5 Å². The topological polar surface area (TPSA) is 271 Å². The highest BCUT2D eigenvalue weighted by Crippen LogP contribution is 2.19. The van der Waals surface area contributed by atoms with Gasteiger partial charge in [-0.1, -0.05) is 26.0 Å². The minimum atomic E-state index is -1.08. The molecular formula is C40H60N6O13. The monoisotopic (exact) mass is 832 g/mol. The second-order valence-corrected chi connectivity index (χ2v) is 13.9. The van der Waals surface area contributed by atoms with Crippen LogP contribution in [-0.2, 0) is 54.1 Å². The lowest BCUT2D eigenvalue weighted by molar-refractivity contribution is -0.137. The van der Waals surface area contributed by atoms with Crippen LogP contribution >= 0.6 is 0 Å². The third kappa shape index (κ3) is 21.9. The Hall–Kier alpha value is -5.24. The summed E-state index contributed by atoms with van der Waals surface area (Å²) in [5.74, 6) is -3.40. The fraction of sp³-hybridized carbons (Fsp3) is 0.600. The minimum absolute atomic E-state index is 0.0131. The van der Waals surface area contributed by atoms with Crippen LogP contribution in [0.2, 0.25) is 0 Å². The molecule has 328 valence electrons. The smallest absolute Gasteiger partial charge is 0.335 e. The van der Waals surface area contributed by atoms with Crippen LogP contribution in [0.5, 0.6) is 0 Å². The molecule has 0 fully saturated rings. The Morgan fingerprint density at radius 3 is 1.80 bits per heavy atom. The molecule has 2 atom stereocenters. The predicted molar refractivity (Wildman–Crippen MR) is 213 cm³/mol. The molecule has 1 heterocycles. The van der Waals surface area contributed by atoms with Crippen molar-refractivity contribution >= 4 is 47.3 Å². The highest BCUT2D eigenvalue weighted by Gasteiger charge is 2.27. The number of carboxylic acids is 1. The number of nitrogens with zero attached hydrogens (tertiary/aromatic N) is 1. The van der Waals surface area contributed by atoms with Crippen molar-refractivity contribution in [2.45, 2.75) is 64.8 Å². The van der Waals surface area contributed by atoms with Crippen molar-refractivity contribution in [3.05, 3.63) is 47.5 Å². The maximum atomic E-state index is 13.4. The molecular weight excluding hydrogens is 772 g/mol. The molecule has 19 heteroatoms. The van der Waals surface area contributed by atoms with Crippen LogP contribution in [0.3, 0.4) is 0 Å². The molecule has 0 aliphatic carbocycles. The Kier molecular flexibility index (Phi) is 24.6. The number of hydrogen-bond acceptors (Lipinski definition) is 12. The van der Waals surface area contributed by atoms with Gasteiger partial charge in [0.2, 0.25) is 17.7 Å². The van der Waals surface area contributed by atoms with Gasteiger partial charge in [0.1, 0.15) is 0 Å². The van der Waals surface area contributed by atoms with E-state index in [-0.39, 0.29) is 93.5 Å². The van der Waals surface area contributed by atoms with Gasteiger partial charge in [-0.3, -0.25) is 33.7 Å². The number of imide groups is 1. The summed E-state index contributed by atoms with van der Waals surface area (Å²) in [6.07, 6.45) is 4.18. The minimum Gasteiger partial charge on any atom is -0.478 e. The fourth-order valence-electron chi connectivity index (χ4n) is 5.75. The Morgan fingerprint density at radius 2 is 1.22 bits per heavy atom. The summed E-state index contributed by atoms with van der Waals surface area (Å²) in [5.41, 5.74) is 5.85. The van der Waals surface area contributed by atoms with Crippen molar-refractivity contribution in [2.24, 2.45) is 17.6 Å². The average molecular weight is 833 g/mol. The largest absolute Gasteiger partial charge is 0.478 e. The van der Waals surface area contributed by atoms with Gasteiger partial charge in [-0.25, -0.2) is 9.59 Å². The number of ketones is 1. The number of urea groups is 1. The van der Waals surface area contributed by atoms with Crippen LogP contribution < -0.4 is 27.0 Å². The Morgan fingerprint density at radius 1 is 0.695 bits per heavy atom. The summed E-state index contributed by atoms with van der Waals surface area (Å²) in [5, 5.41) is 20.0. The zero-order chi connectivity index (χ0) is 43.4. The lowest BCUT2D eigenvalue weighted by Gasteiger charge is -2.24. The van der Waals surface area contributed by atoms with Crippen LogP contribution in [0.25, 0.3) is 0 Å². The van der Waals surface area contributed by atoms with Crippen LogP contribution in [-0.4, -0.2) is 142 Å². The zero-order valence-corrected chi connectivity index (χ0v) is 34.0. The molecule has 2 rings (SSSR count). The molecule has 0 radical (unpaired) electrons. The Balaban J connectivity index is 1.52. The molecule has 0 unspecified atom stereocenters. The maximum absolute atomic E-state index is 13.4. The molecule has 0 saturated carbocycles. The number of hydrogen-bond donors (Lipinski definition) is 6. The summed E-state index contributed by atoms with van der Waals surface area (Å²) in [7, 11) is 0. The number of rotatable bonds is 33. The number of benzene rings is 1. The van der Waals surface area contributed by atoms with Gasteiger partial charge in [-0.15, -0.1) is 0 Å². The van der Waals surface area contributed by atoms with E-state index in [0.717, 1.165) is 4.90 Å². The molecule has 0 spiro atoms. The molecule has 0 saturated heterocycles. The number of carboxylic acid groups (broad SMARTS) is 1. The number of ether oxygens (including phenoxy) is 4. The zero-order valence-electron chi connectivity index (χ0n) is 34.0. The first-order chi connectivity index (χ1) is 28.3. The van der Waals surface area contributed by atoms with Crippen molar-refractivity contribution in [3.63, 3.8) is 0 Å². The normalized spacial score (nSPS) is 13.3. The second-order valence-electron chi connectivity index (χ2n) is 13.9. The van der Waals surface area contributed by atoms with Gasteiger partial charge in [0.25, 0.3) is 11.8 Å². The van der Waals surface area contributed by atoms with E-state index in [1.807, 2.05) is 13.8 Å². The molecule has 1 aromatic carbocycles. The summed E-state index contributed by atoms with van der Waals surface area (Å²) >= 11 is 0. The van der Waals surface area contributed by atoms with E-state index in [2.05, 4.69) is 21.3 Å². The number of primary amides is 1. The standard InChI is InChI=1S/C40H60N6O13/c1-28(2)31(38(52)45-32(6-4-16-44-40(41)55)33(47)27-29-7-9-30(10-8-29)39(53)54)5-3-15-42-35(49)14-19-56-21-23-58-25-26-59-24-22-57-20-17-43-34(48)13-18-46-36(50)11-12-37(46)51/h7-12,28,31-32H,3-6,13-27H2,1-2H3,(H,42,49)(H,43,48)(H,45,52)(H,53,54)(H3,41,44,55)/t31-,32-/m0/s1. The first kappa shape index (κ1) is 49.9. The van der Waals surface area contributed by atoms with E-state index in [1.54, 1.807) is 12.1 Å². The van der Waals surface area contributed by atoms with Gasteiger partial charge in [0, 0.05) is 63.5 Å².